The number of amides is 1. The van der Waals surface area contributed by atoms with Gasteiger partial charge in [-0.2, -0.15) is 0 Å². The van der Waals surface area contributed by atoms with Crippen molar-refractivity contribution in [3.63, 3.8) is 0 Å². The number of rotatable bonds is 5. The van der Waals surface area contributed by atoms with Gasteiger partial charge < -0.3 is 9.64 Å². The highest BCUT2D eigenvalue weighted by Gasteiger charge is 2.51. The number of piperazine rings is 1. The Hall–Kier alpha value is -1.39. The molecular formula is C18H26N2O2. The van der Waals surface area contributed by atoms with Gasteiger partial charge in [0.05, 0.1) is 11.6 Å². The third-order valence-electron chi connectivity index (χ3n) is 5.42. The van der Waals surface area contributed by atoms with Gasteiger partial charge in [0.2, 0.25) is 6.41 Å². The Balaban J connectivity index is 1.86. The third kappa shape index (κ3) is 2.66. The van der Waals surface area contributed by atoms with Gasteiger partial charge in [-0.05, 0) is 32.3 Å². The summed E-state index contributed by atoms with van der Waals surface area (Å²) >= 11 is 0. The monoisotopic (exact) mass is 302 g/mol. The molecule has 2 unspecified atom stereocenters. The summed E-state index contributed by atoms with van der Waals surface area (Å²) in [6, 6.07) is 11.6. The number of fused-ring (bicyclic) bond motifs is 2. The lowest BCUT2D eigenvalue weighted by Gasteiger charge is -2.51. The summed E-state index contributed by atoms with van der Waals surface area (Å²) in [5.41, 5.74) is 1.00. The second-order valence-corrected chi connectivity index (χ2v) is 7.01. The minimum absolute atomic E-state index is 0.109. The fourth-order valence-corrected chi connectivity index (χ4v) is 4.21. The van der Waals surface area contributed by atoms with Crippen molar-refractivity contribution in [2.75, 3.05) is 13.7 Å². The van der Waals surface area contributed by atoms with Gasteiger partial charge in [-0.15, -0.1) is 0 Å². The number of methoxy groups -OCH3 is 1. The van der Waals surface area contributed by atoms with Crippen molar-refractivity contribution in [3.05, 3.63) is 35.9 Å². The Labute approximate surface area is 133 Å². The van der Waals surface area contributed by atoms with Crippen LogP contribution in [0.1, 0.15) is 32.3 Å². The van der Waals surface area contributed by atoms with Crippen molar-refractivity contribution in [2.24, 2.45) is 0 Å². The summed E-state index contributed by atoms with van der Waals surface area (Å²) in [5.74, 6) is 0. The first-order chi connectivity index (χ1) is 10.6. The lowest BCUT2D eigenvalue weighted by molar-refractivity contribution is -0.141. The van der Waals surface area contributed by atoms with Crippen LogP contribution >= 0.6 is 0 Å². The molecule has 2 bridgehead atoms. The molecule has 1 aromatic rings. The molecule has 2 aliphatic rings. The second-order valence-electron chi connectivity index (χ2n) is 7.01. The molecular weight excluding hydrogens is 276 g/mol. The lowest BCUT2D eigenvalue weighted by atomic mass is 9.88. The van der Waals surface area contributed by atoms with Crippen LogP contribution in [-0.4, -0.2) is 53.6 Å². The molecule has 1 aromatic carbocycles. The summed E-state index contributed by atoms with van der Waals surface area (Å²) in [7, 11) is 1.74. The number of hydrogen-bond acceptors (Lipinski definition) is 3. The summed E-state index contributed by atoms with van der Waals surface area (Å²) in [6.07, 6.45) is 3.31. The smallest absolute Gasteiger partial charge is 0.210 e. The Morgan fingerprint density at radius 2 is 2.00 bits per heavy atom. The van der Waals surface area contributed by atoms with E-state index in [1.807, 2.05) is 4.90 Å². The Morgan fingerprint density at radius 3 is 2.64 bits per heavy atom. The maximum Gasteiger partial charge on any atom is 0.210 e. The first-order valence-electron chi connectivity index (χ1n) is 8.12. The normalized spacial score (nSPS) is 28.9. The molecule has 0 aliphatic carbocycles. The zero-order valence-electron chi connectivity index (χ0n) is 13.7. The van der Waals surface area contributed by atoms with E-state index in [2.05, 4.69) is 49.1 Å². The zero-order valence-corrected chi connectivity index (χ0v) is 13.7. The van der Waals surface area contributed by atoms with Gasteiger partial charge >= 0.3 is 0 Å². The highest BCUT2D eigenvalue weighted by Crippen LogP contribution is 2.39. The van der Waals surface area contributed by atoms with Gasteiger partial charge in [0, 0.05) is 32.3 Å². The van der Waals surface area contributed by atoms with Crippen LogP contribution in [0.2, 0.25) is 0 Å². The Bertz CT molecular complexity index is 517. The topological polar surface area (TPSA) is 32.8 Å². The zero-order chi connectivity index (χ0) is 15.7. The van der Waals surface area contributed by atoms with Crippen molar-refractivity contribution in [2.45, 2.75) is 57.0 Å². The van der Waals surface area contributed by atoms with Crippen molar-refractivity contribution >= 4 is 6.41 Å². The van der Waals surface area contributed by atoms with E-state index in [0.717, 1.165) is 32.3 Å². The standard InChI is InChI=1S/C18H26N2O2/c1-18(2,22-3)17-16-10-9-15(12-19(17)13-21)20(16)11-14-7-5-4-6-8-14/h4-8,13,15-17H,9-12H2,1-3H3/t15?,16-,17?/m1/s1. The number of carbonyl (C=O) groups excluding carboxylic acids is 1. The van der Waals surface area contributed by atoms with Crippen LogP contribution in [-0.2, 0) is 16.1 Å². The molecule has 0 aromatic heterocycles. The fraction of sp³-hybridized carbons (Fsp3) is 0.611. The third-order valence-corrected chi connectivity index (χ3v) is 5.42. The maximum absolute atomic E-state index is 11.6. The summed E-state index contributed by atoms with van der Waals surface area (Å²) < 4.78 is 5.73. The van der Waals surface area contributed by atoms with Gasteiger partial charge in [0.1, 0.15) is 0 Å². The molecule has 3 rings (SSSR count). The van der Waals surface area contributed by atoms with Crippen LogP contribution < -0.4 is 0 Å². The molecule has 2 heterocycles. The Morgan fingerprint density at radius 1 is 1.27 bits per heavy atom. The van der Waals surface area contributed by atoms with Crippen molar-refractivity contribution in [1.82, 2.24) is 9.80 Å². The summed E-state index contributed by atoms with van der Waals surface area (Å²) in [4.78, 5) is 16.1. The molecule has 2 saturated heterocycles. The first kappa shape index (κ1) is 15.5. The maximum atomic E-state index is 11.6. The minimum Gasteiger partial charge on any atom is -0.377 e. The molecule has 0 saturated carbocycles. The fourth-order valence-electron chi connectivity index (χ4n) is 4.21. The van der Waals surface area contributed by atoms with Crippen LogP contribution in [0.25, 0.3) is 0 Å². The SMILES string of the molecule is COC(C)(C)C1[C@H]2CCC(CN1C=O)N2Cc1ccccc1. The van der Waals surface area contributed by atoms with Crippen molar-refractivity contribution < 1.29 is 9.53 Å². The van der Waals surface area contributed by atoms with Crippen molar-refractivity contribution in [1.29, 1.82) is 0 Å². The number of nitrogens with zero attached hydrogens (tertiary/aromatic N) is 2. The molecule has 3 atom stereocenters. The summed E-state index contributed by atoms with van der Waals surface area (Å²) in [6.45, 7) is 5.95. The van der Waals surface area contributed by atoms with Gasteiger partial charge in [-0.3, -0.25) is 9.69 Å². The number of hydrogen-bond donors (Lipinski definition) is 0. The Kier molecular flexibility index (Phi) is 4.24. The molecule has 1 amide bonds. The van der Waals surface area contributed by atoms with Crippen molar-refractivity contribution in [3.8, 4) is 0 Å². The predicted molar refractivity (Wildman–Crippen MR) is 86.4 cm³/mol. The van der Waals surface area contributed by atoms with E-state index in [4.69, 9.17) is 4.74 Å². The highest BCUT2D eigenvalue weighted by atomic mass is 16.5. The molecule has 0 N–H and O–H groups in total. The highest BCUT2D eigenvalue weighted by molar-refractivity contribution is 5.49. The first-order valence-corrected chi connectivity index (χ1v) is 8.12. The number of likely N-dealkylation sites (tertiary alicyclic amines) is 1. The van der Waals surface area contributed by atoms with E-state index in [0.29, 0.717) is 12.1 Å². The van der Waals surface area contributed by atoms with Gasteiger partial charge in [0.25, 0.3) is 0 Å². The van der Waals surface area contributed by atoms with E-state index in [-0.39, 0.29) is 11.6 Å². The van der Waals surface area contributed by atoms with Crippen LogP contribution in [0.3, 0.4) is 0 Å². The minimum atomic E-state index is -0.337. The molecule has 2 fully saturated rings. The number of carbonyl (C=O) groups is 1. The van der Waals surface area contributed by atoms with E-state index in [1.54, 1.807) is 7.11 Å². The van der Waals surface area contributed by atoms with Gasteiger partial charge in [-0.25, -0.2) is 0 Å². The number of ether oxygens (including phenoxy) is 1. The molecule has 2 aliphatic heterocycles. The molecule has 120 valence electrons. The average molecular weight is 302 g/mol. The van der Waals surface area contributed by atoms with E-state index in [1.165, 1.54) is 5.56 Å². The lowest BCUT2D eigenvalue weighted by Crippen LogP contribution is -2.65. The van der Waals surface area contributed by atoms with E-state index < -0.39 is 0 Å². The van der Waals surface area contributed by atoms with Crippen LogP contribution in [0.4, 0.5) is 0 Å². The van der Waals surface area contributed by atoms with E-state index in [9.17, 15) is 4.79 Å². The average Bonchev–Trinajstić information content (AvgIpc) is 2.79. The van der Waals surface area contributed by atoms with Gasteiger partial charge in [-0.1, -0.05) is 30.3 Å². The van der Waals surface area contributed by atoms with Crippen LogP contribution in [0.15, 0.2) is 30.3 Å². The molecule has 0 spiro atoms. The largest absolute Gasteiger partial charge is 0.377 e. The quantitative estimate of drug-likeness (QED) is 0.782. The van der Waals surface area contributed by atoms with E-state index >= 15 is 0 Å². The number of benzene rings is 1. The molecule has 4 heteroatoms. The van der Waals surface area contributed by atoms with Crippen LogP contribution in [0, 0.1) is 0 Å². The second kappa shape index (κ2) is 6.01. The molecule has 4 nitrogen and oxygen atoms in total. The predicted octanol–water partition coefficient (Wildman–Crippen LogP) is 2.29. The van der Waals surface area contributed by atoms with Crippen LogP contribution in [0.5, 0.6) is 0 Å². The van der Waals surface area contributed by atoms with Gasteiger partial charge in [0.15, 0.2) is 0 Å². The molecule has 0 radical (unpaired) electrons. The molecule has 22 heavy (non-hydrogen) atoms. The summed E-state index contributed by atoms with van der Waals surface area (Å²) in [5, 5.41) is 0.